The number of benzene rings is 1. The minimum Gasteiger partial charge on any atom is -0.371 e. The van der Waals surface area contributed by atoms with Gasteiger partial charge in [0, 0.05) is 12.5 Å². The van der Waals surface area contributed by atoms with Gasteiger partial charge < -0.3 is 5.32 Å². The van der Waals surface area contributed by atoms with E-state index in [4.69, 9.17) is 0 Å². The number of nitrogens with one attached hydrogen (secondary N) is 1. The lowest BCUT2D eigenvalue weighted by molar-refractivity contribution is 0.863. The van der Waals surface area contributed by atoms with Gasteiger partial charge in [0.1, 0.15) is 5.84 Å². The molecule has 1 aliphatic heterocycles. The minimum absolute atomic E-state index is 0.353. The fraction of sp³-hybridized carbons (Fsp3) is 0.308. The van der Waals surface area contributed by atoms with Crippen LogP contribution in [0, 0.1) is 0 Å². The molecule has 15 heavy (non-hydrogen) atoms. The van der Waals surface area contributed by atoms with E-state index in [-0.39, 0.29) is 0 Å². The molecule has 1 heterocycles. The van der Waals surface area contributed by atoms with Crippen molar-refractivity contribution in [1.82, 2.24) is 5.32 Å². The van der Waals surface area contributed by atoms with Gasteiger partial charge in [0.2, 0.25) is 0 Å². The second-order valence-corrected chi connectivity index (χ2v) is 3.68. The van der Waals surface area contributed by atoms with Crippen LogP contribution in [0.15, 0.2) is 48.0 Å². The summed E-state index contributed by atoms with van der Waals surface area (Å²) in [6.07, 6.45) is 2.90. The van der Waals surface area contributed by atoms with E-state index in [1.807, 2.05) is 12.1 Å². The predicted molar refractivity (Wildman–Crippen MR) is 64.3 cm³/mol. The Morgan fingerprint density at radius 2 is 2.20 bits per heavy atom. The molecule has 1 aliphatic rings. The molecule has 0 aromatic heterocycles. The molecule has 0 saturated heterocycles. The number of amidine groups is 1. The standard InChI is InChI=1S/C13H16N2/c1-2-6-12(13-14-9-10-15-13)11-7-4-3-5-8-11/h2-5,7-8,12H,1,6,9-10H2,(H,14,15). The molecule has 1 N–H and O–H groups in total. The molecule has 0 aliphatic carbocycles. The molecule has 78 valence electrons. The lowest BCUT2D eigenvalue weighted by atomic mass is 9.94. The molecule has 1 atom stereocenters. The van der Waals surface area contributed by atoms with Crippen LogP contribution in [0.2, 0.25) is 0 Å². The van der Waals surface area contributed by atoms with E-state index in [0.717, 1.165) is 25.3 Å². The first-order valence-electron chi connectivity index (χ1n) is 5.36. The van der Waals surface area contributed by atoms with Crippen molar-refractivity contribution < 1.29 is 0 Å². The van der Waals surface area contributed by atoms with Gasteiger partial charge in [0.15, 0.2) is 0 Å². The average Bonchev–Trinajstić information content (AvgIpc) is 2.80. The fourth-order valence-corrected chi connectivity index (χ4v) is 1.91. The molecule has 0 spiro atoms. The molecule has 2 rings (SSSR count). The van der Waals surface area contributed by atoms with Crippen LogP contribution in [0.25, 0.3) is 0 Å². The van der Waals surface area contributed by atoms with Crippen LogP contribution in [0.5, 0.6) is 0 Å². The molecule has 0 radical (unpaired) electrons. The maximum atomic E-state index is 4.49. The van der Waals surface area contributed by atoms with Gasteiger partial charge in [0.25, 0.3) is 0 Å². The molecule has 0 amide bonds. The molecule has 1 aromatic carbocycles. The Balaban J connectivity index is 2.23. The topological polar surface area (TPSA) is 24.4 Å². The highest BCUT2D eigenvalue weighted by atomic mass is 15.1. The van der Waals surface area contributed by atoms with Crippen molar-refractivity contribution in [2.24, 2.45) is 4.99 Å². The van der Waals surface area contributed by atoms with Crippen LogP contribution in [0.1, 0.15) is 17.9 Å². The van der Waals surface area contributed by atoms with Crippen LogP contribution in [-0.4, -0.2) is 18.9 Å². The number of hydrogen-bond donors (Lipinski definition) is 1. The summed E-state index contributed by atoms with van der Waals surface area (Å²) in [5.74, 6) is 1.47. The zero-order valence-corrected chi connectivity index (χ0v) is 8.82. The Hall–Kier alpha value is -1.57. The monoisotopic (exact) mass is 200 g/mol. The second-order valence-electron chi connectivity index (χ2n) is 3.68. The number of hydrogen-bond acceptors (Lipinski definition) is 2. The van der Waals surface area contributed by atoms with Crippen molar-refractivity contribution in [3.63, 3.8) is 0 Å². The fourth-order valence-electron chi connectivity index (χ4n) is 1.91. The number of aliphatic imine (C=N–C) groups is 1. The maximum absolute atomic E-state index is 4.49. The van der Waals surface area contributed by atoms with Crippen molar-refractivity contribution in [2.75, 3.05) is 13.1 Å². The summed E-state index contributed by atoms with van der Waals surface area (Å²) in [7, 11) is 0. The van der Waals surface area contributed by atoms with Crippen molar-refractivity contribution in [3.8, 4) is 0 Å². The molecule has 2 nitrogen and oxygen atoms in total. The van der Waals surface area contributed by atoms with Gasteiger partial charge in [0.05, 0.1) is 6.54 Å². The van der Waals surface area contributed by atoms with Crippen molar-refractivity contribution in [3.05, 3.63) is 48.6 Å². The largest absolute Gasteiger partial charge is 0.371 e. The highest BCUT2D eigenvalue weighted by Crippen LogP contribution is 2.21. The third-order valence-corrected chi connectivity index (χ3v) is 2.63. The summed E-state index contributed by atoms with van der Waals surface area (Å²) in [6.45, 7) is 5.68. The van der Waals surface area contributed by atoms with E-state index in [1.165, 1.54) is 5.56 Å². The van der Waals surface area contributed by atoms with Crippen molar-refractivity contribution in [1.29, 1.82) is 0 Å². The van der Waals surface area contributed by atoms with Crippen molar-refractivity contribution in [2.45, 2.75) is 12.3 Å². The van der Waals surface area contributed by atoms with Crippen LogP contribution >= 0.6 is 0 Å². The van der Waals surface area contributed by atoms with Gasteiger partial charge in [-0.1, -0.05) is 36.4 Å². The van der Waals surface area contributed by atoms with Crippen LogP contribution in [-0.2, 0) is 0 Å². The van der Waals surface area contributed by atoms with E-state index in [0.29, 0.717) is 5.92 Å². The van der Waals surface area contributed by atoms with Gasteiger partial charge in [-0.2, -0.15) is 0 Å². The Labute approximate surface area is 90.7 Å². The normalized spacial score (nSPS) is 16.7. The average molecular weight is 200 g/mol. The molecule has 0 bridgehead atoms. The van der Waals surface area contributed by atoms with Crippen LogP contribution in [0.3, 0.4) is 0 Å². The van der Waals surface area contributed by atoms with E-state index in [9.17, 15) is 0 Å². The van der Waals surface area contributed by atoms with Crippen LogP contribution < -0.4 is 5.32 Å². The molecule has 1 aromatic rings. The molecular formula is C13H16N2. The summed E-state index contributed by atoms with van der Waals surface area (Å²) in [5.41, 5.74) is 1.31. The van der Waals surface area contributed by atoms with E-state index in [1.54, 1.807) is 0 Å². The Kier molecular flexibility index (Phi) is 3.18. The lowest BCUT2D eigenvalue weighted by Gasteiger charge is -2.16. The van der Waals surface area contributed by atoms with E-state index in [2.05, 4.69) is 41.2 Å². The van der Waals surface area contributed by atoms with Crippen LogP contribution in [0.4, 0.5) is 0 Å². The summed E-state index contributed by atoms with van der Waals surface area (Å²) in [5, 5.41) is 3.34. The van der Waals surface area contributed by atoms with E-state index < -0.39 is 0 Å². The summed E-state index contributed by atoms with van der Waals surface area (Å²) < 4.78 is 0. The Morgan fingerprint density at radius 1 is 1.40 bits per heavy atom. The second kappa shape index (κ2) is 4.78. The zero-order valence-electron chi connectivity index (χ0n) is 8.82. The van der Waals surface area contributed by atoms with Gasteiger partial charge in [-0.25, -0.2) is 0 Å². The quantitative estimate of drug-likeness (QED) is 0.741. The van der Waals surface area contributed by atoms with Crippen molar-refractivity contribution >= 4 is 5.84 Å². The molecule has 0 saturated carbocycles. The van der Waals surface area contributed by atoms with E-state index >= 15 is 0 Å². The predicted octanol–water partition coefficient (Wildman–Crippen LogP) is 2.35. The summed E-state index contributed by atoms with van der Waals surface area (Å²) in [4.78, 5) is 4.49. The minimum atomic E-state index is 0.353. The highest BCUT2D eigenvalue weighted by Gasteiger charge is 2.18. The van der Waals surface area contributed by atoms with Gasteiger partial charge >= 0.3 is 0 Å². The Morgan fingerprint density at radius 3 is 2.80 bits per heavy atom. The SMILES string of the molecule is C=CCC(C1=NCCN1)c1ccccc1. The highest BCUT2D eigenvalue weighted by molar-refractivity contribution is 5.90. The smallest absolute Gasteiger partial charge is 0.104 e. The number of rotatable bonds is 4. The maximum Gasteiger partial charge on any atom is 0.104 e. The lowest BCUT2D eigenvalue weighted by Crippen LogP contribution is -2.25. The summed E-state index contributed by atoms with van der Waals surface area (Å²) >= 11 is 0. The zero-order chi connectivity index (χ0) is 10.5. The first kappa shape index (κ1) is 9.97. The first-order chi connectivity index (χ1) is 7.42. The van der Waals surface area contributed by atoms with Gasteiger partial charge in [-0.05, 0) is 12.0 Å². The number of nitrogens with zero attached hydrogens (tertiary/aromatic N) is 1. The Bertz CT molecular complexity index is 354. The van der Waals surface area contributed by atoms with Gasteiger partial charge in [-0.3, -0.25) is 4.99 Å². The first-order valence-corrected chi connectivity index (χ1v) is 5.36. The molecule has 2 heteroatoms. The molecule has 0 fully saturated rings. The summed E-state index contributed by atoms with van der Waals surface area (Å²) in [6, 6.07) is 10.5. The third-order valence-electron chi connectivity index (χ3n) is 2.63. The third kappa shape index (κ3) is 2.27. The van der Waals surface area contributed by atoms with Gasteiger partial charge in [-0.15, -0.1) is 6.58 Å². The molecular weight excluding hydrogens is 184 g/mol. The molecule has 1 unspecified atom stereocenters. The number of allylic oxidation sites excluding steroid dienone is 1.